The highest BCUT2D eigenvalue weighted by molar-refractivity contribution is 5.97. The van der Waals surface area contributed by atoms with Crippen molar-refractivity contribution in [1.82, 2.24) is 26.2 Å². The second kappa shape index (κ2) is 21.5. The van der Waals surface area contributed by atoms with Gasteiger partial charge in [-0.3, -0.25) is 38.6 Å². The molecule has 0 aromatic rings. The first-order valence-corrected chi connectivity index (χ1v) is 16.5. The Morgan fingerprint density at radius 3 is 2.04 bits per heavy atom. The number of nitrogens with zero attached hydrogens (tertiary/aromatic N) is 2. The number of hydrogen-bond acceptors (Lipinski definition) is 10. The van der Waals surface area contributed by atoms with E-state index in [1.165, 1.54) is 11.8 Å². The first-order chi connectivity index (χ1) is 23.0. The third kappa shape index (κ3) is 15.5. The lowest BCUT2D eigenvalue weighted by molar-refractivity contribution is -0.145. The molecule has 1 aliphatic rings. The molecule has 1 heterocycles. The minimum atomic E-state index is -1.61. The van der Waals surface area contributed by atoms with Crippen LogP contribution >= 0.6 is 0 Å². The van der Waals surface area contributed by atoms with Crippen molar-refractivity contribution in [3.8, 4) is 0 Å². The highest BCUT2D eigenvalue weighted by atomic mass is 16.4. The summed E-state index contributed by atoms with van der Waals surface area (Å²) in [6.07, 6.45) is 1.97. The molecule has 0 aromatic heterocycles. The molecule has 5 amide bonds. The van der Waals surface area contributed by atoms with E-state index in [-0.39, 0.29) is 50.7 Å². The fourth-order valence-electron chi connectivity index (χ4n) is 5.19. The molecule has 19 nitrogen and oxygen atoms in total. The van der Waals surface area contributed by atoms with Gasteiger partial charge in [0.1, 0.15) is 30.2 Å². The van der Waals surface area contributed by atoms with Crippen molar-refractivity contribution in [2.75, 3.05) is 19.6 Å². The van der Waals surface area contributed by atoms with Crippen molar-refractivity contribution in [1.29, 1.82) is 0 Å². The maximum atomic E-state index is 13.9. The molecule has 19 heteroatoms. The first-order valence-electron chi connectivity index (χ1n) is 16.5. The van der Waals surface area contributed by atoms with Gasteiger partial charge in [0, 0.05) is 13.1 Å². The minimum Gasteiger partial charge on any atom is -0.481 e. The SMILES string of the molecule is CC(C)C[C@H](NC(=O)[C@H](CCCCN)NC(=O)[C@@H](N)CCCN=C(N)N)C(=O)N1CCC[C@H]1C(=O)N[C@@H](CC(=O)O)C(=O)N[C@@H](C)C(=O)O. The van der Waals surface area contributed by atoms with Gasteiger partial charge in [0.15, 0.2) is 5.96 Å². The molecular formula is C30H54N10O9. The van der Waals surface area contributed by atoms with Crippen molar-refractivity contribution in [2.45, 2.75) is 115 Å². The number of guanidine groups is 1. The zero-order chi connectivity index (χ0) is 37.3. The molecule has 14 N–H and O–H groups in total. The Morgan fingerprint density at radius 1 is 0.837 bits per heavy atom. The number of carbonyl (C=O) groups excluding carboxylic acids is 5. The number of amides is 5. The van der Waals surface area contributed by atoms with Gasteiger partial charge < -0.3 is 59.3 Å². The Bertz CT molecular complexity index is 1190. The summed E-state index contributed by atoms with van der Waals surface area (Å²) in [6, 6.07) is -7.11. The van der Waals surface area contributed by atoms with Crippen molar-refractivity contribution in [3.05, 3.63) is 0 Å². The zero-order valence-electron chi connectivity index (χ0n) is 28.5. The third-order valence-corrected chi connectivity index (χ3v) is 7.79. The van der Waals surface area contributed by atoms with Gasteiger partial charge in [-0.15, -0.1) is 0 Å². The largest absolute Gasteiger partial charge is 0.481 e. The smallest absolute Gasteiger partial charge is 0.325 e. The molecule has 0 bridgehead atoms. The molecule has 0 spiro atoms. The number of likely N-dealkylation sites (tertiary alicyclic amines) is 1. The Hall–Kier alpha value is -4.52. The number of carbonyl (C=O) groups is 7. The van der Waals surface area contributed by atoms with Crippen molar-refractivity contribution < 1.29 is 43.8 Å². The van der Waals surface area contributed by atoms with E-state index in [0.717, 1.165) is 0 Å². The van der Waals surface area contributed by atoms with E-state index in [0.29, 0.717) is 32.2 Å². The number of hydrogen-bond donors (Lipinski definition) is 10. The number of aliphatic imine (C=N–C) groups is 1. The van der Waals surface area contributed by atoms with Gasteiger partial charge in [-0.2, -0.15) is 0 Å². The number of nitrogens with two attached hydrogens (primary N) is 4. The van der Waals surface area contributed by atoms with Crippen LogP contribution in [0.1, 0.15) is 78.6 Å². The first kappa shape index (κ1) is 42.5. The van der Waals surface area contributed by atoms with E-state index in [1.54, 1.807) is 0 Å². The molecule has 0 unspecified atom stereocenters. The highest BCUT2D eigenvalue weighted by Gasteiger charge is 2.40. The molecule has 1 saturated heterocycles. The minimum absolute atomic E-state index is 0.0760. The lowest BCUT2D eigenvalue weighted by atomic mass is 10.0. The highest BCUT2D eigenvalue weighted by Crippen LogP contribution is 2.21. The van der Waals surface area contributed by atoms with Gasteiger partial charge in [-0.1, -0.05) is 13.8 Å². The van der Waals surface area contributed by atoms with E-state index < -0.39 is 84.1 Å². The van der Waals surface area contributed by atoms with E-state index in [4.69, 9.17) is 28.0 Å². The standard InChI is InChI=1S/C30H54N10O9/c1-16(2)14-21(39-25(44)19(9-4-5-11-31)37-24(43)18(32)8-6-12-35-30(33)34)28(47)40-13-7-10-22(40)27(46)38-20(15-23(41)42)26(45)36-17(3)29(48)49/h16-22H,4-15,31-32H2,1-3H3,(H,36,45)(H,37,43)(H,38,46)(H,39,44)(H,41,42)(H,48,49)(H4,33,34,35)/t17-,18-,19-,20-,21-,22-/m0/s1. The molecule has 49 heavy (non-hydrogen) atoms. The van der Waals surface area contributed by atoms with Crippen LogP contribution in [0.2, 0.25) is 0 Å². The van der Waals surface area contributed by atoms with Crippen LogP contribution in [0.4, 0.5) is 0 Å². The van der Waals surface area contributed by atoms with Crippen LogP contribution in [0.3, 0.4) is 0 Å². The fourth-order valence-corrected chi connectivity index (χ4v) is 5.19. The van der Waals surface area contributed by atoms with Crippen LogP contribution in [0, 0.1) is 5.92 Å². The summed E-state index contributed by atoms with van der Waals surface area (Å²) in [7, 11) is 0. The van der Waals surface area contributed by atoms with E-state index in [1.807, 2.05) is 13.8 Å². The Labute approximate surface area is 285 Å². The van der Waals surface area contributed by atoms with Gasteiger partial charge >= 0.3 is 11.9 Å². The van der Waals surface area contributed by atoms with Crippen LogP contribution in [-0.4, -0.2) is 118 Å². The fraction of sp³-hybridized carbons (Fsp3) is 0.733. The Morgan fingerprint density at radius 2 is 1.47 bits per heavy atom. The zero-order valence-corrected chi connectivity index (χ0v) is 28.5. The van der Waals surface area contributed by atoms with E-state index in [2.05, 4.69) is 26.3 Å². The molecule has 6 atom stereocenters. The lowest BCUT2D eigenvalue weighted by Crippen LogP contribution is -2.59. The third-order valence-electron chi connectivity index (χ3n) is 7.79. The van der Waals surface area contributed by atoms with Crippen LogP contribution in [0.25, 0.3) is 0 Å². The van der Waals surface area contributed by atoms with Gasteiger partial charge in [0.2, 0.25) is 29.5 Å². The van der Waals surface area contributed by atoms with Crippen LogP contribution < -0.4 is 44.2 Å². The monoisotopic (exact) mass is 698 g/mol. The number of nitrogens with one attached hydrogen (secondary N) is 4. The number of carboxylic acid groups (broad SMARTS) is 2. The van der Waals surface area contributed by atoms with Crippen LogP contribution in [0.5, 0.6) is 0 Å². The molecule has 0 aliphatic carbocycles. The van der Waals surface area contributed by atoms with E-state index >= 15 is 0 Å². The quantitative estimate of drug-likeness (QED) is 0.0308. The normalized spacial score (nSPS) is 17.2. The van der Waals surface area contributed by atoms with Gasteiger partial charge in [0.25, 0.3) is 0 Å². The molecule has 1 rings (SSSR count). The van der Waals surface area contributed by atoms with Crippen molar-refractivity contribution >= 4 is 47.4 Å². The summed E-state index contributed by atoms with van der Waals surface area (Å²) in [5.74, 6) is -6.51. The predicted molar refractivity (Wildman–Crippen MR) is 178 cm³/mol. The second-order valence-electron chi connectivity index (χ2n) is 12.5. The number of unbranched alkanes of at least 4 members (excludes halogenated alkanes) is 1. The van der Waals surface area contributed by atoms with Crippen LogP contribution in [0.15, 0.2) is 4.99 Å². The number of rotatable bonds is 22. The Balaban J connectivity index is 3.13. The maximum Gasteiger partial charge on any atom is 0.325 e. The predicted octanol–water partition coefficient (Wildman–Crippen LogP) is -2.95. The van der Waals surface area contributed by atoms with Crippen molar-refractivity contribution in [3.63, 3.8) is 0 Å². The van der Waals surface area contributed by atoms with Gasteiger partial charge in [-0.25, -0.2) is 0 Å². The summed E-state index contributed by atoms with van der Waals surface area (Å²) >= 11 is 0. The summed E-state index contributed by atoms with van der Waals surface area (Å²) in [5, 5.41) is 28.3. The van der Waals surface area contributed by atoms with E-state index in [9.17, 15) is 38.7 Å². The van der Waals surface area contributed by atoms with Crippen LogP contribution in [-0.2, 0) is 33.6 Å². The lowest BCUT2D eigenvalue weighted by Gasteiger charge is -2.31. The average Bonchev–Trinajstić information content (AvgIpc) is 3.51. The number of carboxylic acids is 2. The van der Waals surface area contributed by atoms with Crippen molar-refractivity contribution in [2.24, 2.45) is 33.8 Å². The second-order valence-corrected chi connectivity index (χ2v) is 12.5. The topological polar surface area (TPSA) is 328 Å². The summed E-state index contributed by atoms with van der Waals surface area (Å²) in [4.78, 5) is 94.1. The summed E-state index contributed by atoms with van der Waals surface area (Å²) < 4.78 is 0. The summed E-state index contributed by atoms with van der Waals surface area (Å²) in [6.45, 7) is 5.66. The molecule has 1 aliphatic heterocycles. The maximum absolute atomic E-state index is 13.9. The molecule has 0 radical (unpaired) electrons. The Kier molecular flexibility index (Phi) is 18.6. The molecular weight excluding hydrogens is 644 g/mol. The molecule has 0 aromatic carbocycles. The number of aliphatic carboxylic acids is 2. The van der Waals surface area contributed by atoms with Gasteiger partial charge in [-0.05, 0) is 70.8 Å². The molecule has 0 saturated carbocycles. The molecule has 1 fully saturated rings. The molecule has 278 valence electrons. The summed E-state index contributed by atoms with van der Waals surface area (Å²) in [5.41, 5.74) is 22.3. The average molecular weight is 699 g/mol. The van der Waals surface area contributed by atoms with Gasteiger partial charge in [0.05, 0.1) is 12.5 Å².